The number of nitrogens with zero attached hydrogens (tertiary/aromatic N) is 5. The van der Waals surface area contributed by atoms with E-state index in [2.05, 4.69) is 26.0 Å². The van der Waals surface area contributed by atoms with Crippen LogP contribution in [0, 0.1) is 0 Å². The minimum absolute atomic E-state index is 0.000174. The van der Waals surface area contributed by atoms with Crippen LogP contribution in [0.4, 0.5) is 11.6 Å². The van der Waals surface area contributed by atoms with Crippen LogP contribution in [0.15, 0.2) is 18.5 Å². The molecule has 0 aliphatic rings. The van der Waals surface area contributed by atoms with Gasteiger partial charge in [0.2, 0.25) is 11.8 Å². The number of aromatic nitrogens is 5. The van der Waals surface area contributed by atoms with E-state index in [4.69, 9.17) is 0 Å². The predicted molar refractivity (Wildman–Crippen MR) is 70.8 cm³/mol. The molecule has 0 aromatic carbocycles. The molecule has 9 heteroatoms. The number of aryl methyl sites for hydroxylation is 1. The highest BCUT2D eigenvalue weighted by Gasteiger charge is 2.09. The Balaban J connectivity index is 1.91. The summed E-state index contributed by atoms with van der Waals surface area (Å²) in [6.45, 7) is 1.74. The Morgan fingerprint density at radius 3 is 2.75 bits per heavy atom. The Kier molecular flexibility index (Phi) is 4.08. The third-order valence-electron chi connectivity index (χ3n) is 2.52. The van der Waals surface area contributed by atoms with E-state index >= 15 is 0 Å². The second-order valence-corrected chi connectivity index (χ2v) is 4.09. The molecule has 2 N–H and O–H groups in total. The molecule has 106 valence electrons. The molecule has 0 aliphatic heterocycles. The van der Waals surface area contributed by atoms with Crippen molar-refractivity contribution in [1.82, 2.24) is 24.8 Å². The van der Waals surface area contributed by atoms with Crippen molar-refractivity contribution >= 4 is 23.5 Å². The summed E-state index contributed by atoms with van der Waals surface area (Å²) < 4.78 is 2.89. The van der Waals surface area contributed by atoms with Gasteiger partial charge in [0.15, 0.2) is 5.82 Å². The van der Waals surface area contributed by atoms with Crippen molar-refractivity contribution in [3.8, 4) is 0 Å². The minimum Gasteiger partial charge on any atom is -0.309 e. The van der Waals surface area contributed by atoms with Crippen molar-refractivity contribution in [3.63, 3.8) is 0 Å². The maximum Gasteiger partial charge on any atom is 0.247 e. The van der Waals surface area contributed by atoms with Gasteiger partial charge in [-0.1, -0.05) is 12.1 Å². The average Bonchev–Trinajstić information content (AvgIpc) is 3.00. The van der Waals surface area contributed by atoms with Gasteiger partial charge in [0.25, 0.3) is 0 Å². The molecular weight excluding hydrogens is 262 g/mol. The van der Waals surface area contributed by atoms with Crippen molar-refractivity contribution in [1.29, 1.82) is 0 Å². The fraction of sp³-hybridized carbons (Fsp3) is 0.364. The van der Waals surface area contributed by atoms with Gasteiger partial charge in [0.05, 0.1) is 12.4 Å². The zero-order valence-corrected chi connectivity index (χ0v) is 11.2. The largest absolute Gasteiger partial charge is 0.309 e. The van der Waals surface area contributed by atoms with Crippen LogP contribution < -0.4 is 10.6 Å². The number of carbonyl (C=O) groups is 2. The first-order chi connectivity index (χ1) is 9.58. The van der Waals surface area contributed by atoms with Crippen LogP contribution in [0.2, 0.25) is 0 Å². The lowest BCUT2D eigenvalue weighted by Gasteiger charge is -2.04. The van der Waals surface area contributed by atoms with Crippen molar-refractivity contribution in [2.75, 3.05) is 10.6 Å². The van der Waals surface area contributed by atoms with Crippen LogP contribution in [0.5, 0.6) is 0 Å². The van der Waals surface area contributed by atoms with E-state index in [-0.39, 0.29) is 18.4 Å². The summed E-state index contributed by atoms with van der Waals surface area (Å²) >= 11 is 0. The van der Waals surface area contributed by atoms with Gasteiger partial charge in [-0.3, -0.25) is 14.3 Å². The predicted octanol–water partition coefficient (Wildman–Crippen LogP) is -0.00120. The molecule has 0 saturated carbocycles. The topological polar surface area (TPSA) is 107 Å². The van der Waals surface area contributed by atoms with Crippen LogP contribution in [0.25, 0.3) is 0 Å². The number of carbonyl (C=O) groups excluding carboxylic acids is 2. The summed E-state index contributed by atoms with van der Waals surface area (Å²) in [4.78, 5) is 23.0. The molecule has 2 rings (SSSR count). The van der Waals surface area contributed by atoms with Gasteiger partial charge in [0.1, 0.15) is 12.4 Å². The zero-order valence-electron chi connectivity index (χ0n) is 11.2. The van der Waals surface area contributed by atoms with Crippen molar-refractivity contribution in [2.24, 2.45) is 7.05 Å². The van der Waals surface area contributed by atoms with Gasteiger partial charge in [-0.25, -0.2) is 4.68 Å². The van der Waals surface area contributed by atoms with Gasteiger partial charge < -0.3 is 10.6 Å². The van der Waals surface area contributed by atoms with Gasteiger partial charge in [-0.15, -0.1) is 5.10 Å². The van der Waals surface area contributed by atoms with Crippen molar-refractivity contribution in [3.05, 3.63) is 18.5 Å². The van der Waals surface area contributed by atoms with E-state index in [1.807, 2.05) is 0 Å². The Bertz CT molecular complexity index is 616. The molecule has 2 amide bonds. The fourth-order valence-corrected chi connectivity index (χ4v) is 1.49. The number of nitrogens with one attached hydrogen (secondary N) is 2. The molecule has 0 unspecified atom stereocenters. The second-order valence-electron chi connectivity index (χ2n) is 4.09. The smallest absolute Gasteiger partial charge is 0.247 e. The number of amides is 2. The Labute approximate surface area is 115 Å². The van der Waals surface area contributed by atoms with Crippen LogP contribution in [-0.4, -0.2) is 36.6 Å². The summed E-state index contributed by atoms with van der Waals surface area (Å²) in [5.41, 5.74) is 0. The molecule has 2 heterocycles. The molecule has 0 saturated heterocycles. The second kappa shape index (κ2) is 5.95. The molecular formula is C11H15N7O2. The van der Waals surface area contributed by atoms with Crippen molar-refractivity contribution in [2.45, 2.75) is 19.9 Å². The highest BCUT2D eigenvalue weighted by molar-refractivity contribution is 5.90. The van der Waals surface area contributed by atoms with Crippen LogP contribution in [0.1, 0.15) is 13.3 Å². The summed E-state index contributed by atoms with van der Waals surface area (Å²) in [6, 6.07) is 1.69. The average molecular weight is 277 g/mol. The number of hydrogen-bond acceptors (Lipinski definition) is 5. The molecule has 2 aromatic heterocycles. The third-order valence-corrected chi connectivity index (χ3v) is 2.52. The fourth-order valence-electron chi connectivity index (χ4n) is 1.49. The maximum absolute atomic E-state index is 11.8. The highest BCUT2D eigenvalue weighted by atomic mass is 16.2. The van der Waals surface area contributed by atoms with Crippen LogP contribution in [0.3, 0.4) is 0 Å². The lowest BCUT2D eigenvalue weighted by molar-refractivity contribution is -0.117. The van der Waals surface area contributed by atoms with Gasteiger partial charge >= 0.3 is 0 Å². The first-order valence-corrected chi connectivity index (χ1v) is 6.06. The standard InChI is InChI=1S/C11H15N7O2/c1-3-10(19)13-8-6-18(16-15-8)7-11(20)14-9-4-5-12-17(9)2/h4-6H,3,7H2,1-2H3,(H,13,19)(H,14,20). The summed E-state index contributed by atoms with van der Waals surface area (Å²) in [5, 5.41) is 16.7. The Hall–Kier alpha value is -2.71. The highest BCUT2D eigenvalue weighted by Crippen LogP contribution is 2.04. The van der Waals surface area contributed by atoms with E-state index in [9.17, 15) is 9.59 Å². The number of anilines is 2. The zero-order chi connectivity index (χ0) is 14.5. The molecule has 20 heavy (non-hydrogen) atoms. The quantitative estimate of drug-likeness (QED) is 0.800. The first kappa shape index (κ1) is 13.7. The molecule has 2 aromatic rings. The van der Waals surface area contributed by atoms with E-state index in [1.165, 1.54) is 10.9 Å². The summed E-state index contributed by atoms with van der Waals surface area (Å²) in [7, 11) is 1.73. The molecule has 0 bridgehead atoms. The van der Waals surface area contributed by atoms with E-state index in [1.54, 1.807) is 30.9 Å². The molecule has 0 radical (unpaired) electrons. The first-order valence-electron chi connectivity index (χ1n) is 6.06. The molecule has 0 spiro atoms. The molecule has 0 atom stereocenters. The Morgan fingerprint density at radius 2 is 2.10 bits per heavy atom. The summed E-state index contributed by atoms with van der Waals surface area (Å²) in [6.07, 6.45) is 3.44. The lowest BCUT2D eigenvalue weighted by atomic mass is 10.4. The van der Waals surface area contributed by atoms with Gasteiger partial charge in [0, 0.05) is 19.5 Å². The summed E-state index contributed by atoms with van der Waals surface area (Å²) in [5.74, 6) is 0.503. The van der Waals surface area contributed by atoms with E-state index in [0.717, 1.165) is 0 Å². The monoisotopic (exact) mass is 277 g/mol. The van der Waals surface area contributed by atoms with Crippen LogP contribution >= 0.6 is 0 Å². The number of hydrogen-bond donors (Lipinski definition) is 2. The molecule has 0 aliphatic carbocycles. The van der Waals surface area contributed by atoms with Gasteiger partial charge in [-0.2, -0.15) is 5.10 Å². The van der Waals surface area contributed by atoms with Gasteiger partial charge in [-0.05, 0) is 0 Å². The normalized spacial score (nSPS) is 10.3. The number of rotatable bonds is 5. The maximum atomic E-state index is 11.8. The van der Waals surface area contributed by atoms with E-state index < -0.39 is 0 Å². The third kappa shape index (κ3) is 3.40. The minimum atomic E-state index is -0.258. The SMILES string of the molecule is CCC(=O)Nc1cn(CC(=O)Nc2ccnn2C)nn1. The molecule has 9 nitrogen and oxygen atoms in total. The van der Waals surface area contributed by atoms with E-state index in [0.29, 0.717) is 18.1 Å². The Morgan fingerprint density at radius 1 is 1.30 bits per heavy atom. The molecule has 0 fully saturated rings. The van der Waals surface area contributed by atoms with Crippen LogP contribution in [-0.2, 0) is 23.2 Å². The lowest BCUT2D eigenvalue weighted by Crippen LogP contribution is -2.20. The van der Waals surface area contributed by atoms with Crippen molar-refractivity contribution < 1.29 is 9.59 Å².